The zero-order valence-electron chi connectivity index (χ0n) is 10.9. The number of hydrogen-bond acceptors (Lipinski definition) is 3. The largest absolute Gasteiger partial charge is 0.493 e. The topological polar surface area (TPSA) is 40.2 Å². The summed E-state index contributed by atoms with van der Waals surface area (Å²) in [5.74, 6) is 1.79. The Morgan fingerprint density at radius 2 is 2.21 bits per heavy atom. The Labute approximate surface area is 111 Å². The van der Waals surface area contributed by atoms with Crippen LogP contribution < -0.4 is 4.74 Å². The zero-order valence-corrected chi connectivity index (χ0v) is 10.9. The Kier molecular flexibility index (Phi) is 3.23. The van der Waals surface area contributed by atoms with Crippen molar-refractivity contribution in [1.29, 1.82) is 0 Å². The minimum atomic E-state index is 0.681. The van der Waals surface area contributed by atoms with E-state index < -0.39 is 0 Å². The maximum atomic E-state index is 5.77. The number of benzene rings is 1. The molecule has 19 heavy (non-hydrogen) atoms. The van der Waals surface area contributed by atoms with Crippen LogP contribution in [0, 0.1) is 0 Å². The van der Waals surface area contributed by atoms with Crippen LogP contribution in [0.4, 0.5) is 0 Å². The first-order chi connectivity index (χ1) is 9.38. The number of fused-ring (bicyclic) bond motifs is 1. The molecule has 0 bridgehead atoms. The van der Waals surface area contributed by atoms with Gasteiger partial charge in [-0.25, -0.2) is 0 Å². The highest BCUT2D eigenvalue weighted by Gasteiger charge is 2.07. The molecule has 2 heterocycles. The summed E-state index contributed by atoms with van der Waals surface area (Å²) in [6.07, 6.45) is 4.72. The van der Waals surface area contributed by atoms with E-state index >= 15 is 0 Å². The van der Waals surface area contributed by atoms with Crippen molar-refractivity contribution in [3.8, 4) is 5.75 Å². The van der Waals surface area contributed by atoms with Gasteiger partial charge in [0.2, 0.25) is 0 Å². The molecular formula is C15H16N2O2. The van der Waals surface area contributed by atoms with E-state index in [1.165, 1.54) is 0 Å². The Bertz CT molecular complexity index is 656. The third-order valence-corrected chi connectivity index (χ3v) is 3.05. The Morgan fingerprint density at radius 3 is 3.00 bits per heavy atom. The van der Waals surface area contributed by atoms with Gasteiger partial charge >= 0.3 is 0 Å². The fraction of sp³-hybridized carbons (Fsp3) is 0.267. The quantitative estimate of drug-likeness (QED) is 0.701. The maximum Gasteiger partial charge on any atom is 0.156 e. The summed E-state index contributed by atoms with van der Waals surface area (Å²) < 4.78 is 13.1. The average molecular weight is 256 g/mol. The van der Waals surface area contributed by atoms with Crippen LogP contribution in [0.5, 0.6) is 5.75 Å². The van der Waals surface area contributed by atoms with E-state index in [1.807, 2.05) is 24.4 Å². The summed E-state index contributed by atoms with van der Waals surface area (Å²) in [4.78, 5) is 0. The average Bonchev–Trinajstić information content (AvgIpc) is 3.07. The van der Waals surface area contributed by atoms with Crippen LogP contribution in [0.1, 0.15) is 19.1 Å². The molecule has 0 aliphatic carbocycles. The standard InChI is InChI=1S/C15H16N2O2/c1-2-10-18-15-5-3-4-14-13(15)7-9-17(14)11-12-6-8-16-19-12/h3-9H,2,10-11H2,1H3. The molecule has 2 aromatic heterocycles. The van der Waals surface area contributed by atoms with Crippen molar-refractivity contribution in [2.24, 2.45) is 0 Å². The van der Waals surface area contributed by atoms with E-state index in [2.05, 4.69) is 28.8 Å². The molecule has 0 radical (unpaired) electrons. The summed E-state index contributed by atoms with van der Waals surface area (Å²) in [6.45, 7) is 3.53. The molecule has 0 amide bonds. The molecule has 1 aromatic carbocycles. The Morgan fingerprint density at radius 1 is 1.26 bits per heavy atom. The smallest absolute Gasteiger partial charge is 0.156 e. The van der Waals surface area contributed by atoms with Crippen molar-refractivity contribution < 1.29 is 9.26 Å². The van der Waals surface area contributed by atoms with Gasteiger partial charge < -0.3 is 13.8 Å². The summed E-state index contributed by atoms with van der Waals surface area (Å²) in [5.41, 5.74) is 1.14. The van der Waals surface area contributed by atoms with Gasteiger partial charge in [-0.2, -0.15) is 0 Å². The van der Waals surface area contributed by atoms with Gasteiger partial charge in [-0.3, -0.25) is 0 Å². The first-order valence-electron chi connectivity index (χ1n) is 6.48. The van der Waals surface area contributed by atoms with E-state index in [4.69, 9.17) is 9.26 Å². The van der Waals surface area contributed by atoms with E-state index in [1.54, 1.807) is 6.20 Å². The third-order valence-electron chi connectivity index (χ3n) is 3.05. The monoisotopic (exact) mass is 256 g/mol. The number of nitrogens with zero attached hydrogens (tertiary/aromatic N) is 2. The van der Waals surface area contributed by atoms with Crippen molar-refractivity contribution in [1.82, 2.24) is 9.72 Å². The van der Waals surface area contributed by atoms with Crippen molar-refractivity contribution >= 4 is 10.9 Å². The van der Waals surface area contributed by atoms with E-state index in [9.17, 15) is 0 Å². The van der Waals surface area contributed by atoms with Crippen LogP contribution in [0.25, 0.3) is 10.9 Å². The van der Waals surface area contributed by atoms with Crippen LogP contribution in [0.3, 0.4) is 0 Å². The van der Waals surface area contributed by atoms with Crippen LogP contribution in [0.15, 0.2) is 47.2 Å². The highest BCUT2D eigenvalue weighted by molar-refractivity contribution is 5.86. The molecule has 98 valence electrons. The van der Waals surface area contributed by atoms with Gasteiger partial charge in [-0.05, 0) is 24.6 Å². The molecule has 3 aromatic rings. The lowest BCUT2D eigenvalue weighted by atomic mass is 10.2. The second-order valence-electron chi connectivity index (χ2n) is 4.46. The molecular weight excluding hydrogens is 240 g/mol. The van der Waals surface area contributed by atoms with Gasteiger partial charge in [0.05, 0.1) is 24.9 Å². The molecule has 0 N–H and O–H groups in total. The molecule has 0 saturated heterocycles. The summed E-state index contributed by atoms with van der Waals surface area (Å²) in [5, 5.41) is 4.86. The van der Waals surface area contributed by atoms with Gasteiger partial charge in [0, 0.05) is 17.6 Å². The van der Waals surface area contributed by atoms with E-state index in [0.29, 0.717) is 6.54 Å². The number of hydrogen-bond donors (Lipinski definition) is 0. The van der Waals surface area contributed by atoms with Crippen molar-refractivity contribution in [3.05, 3.63) is 48.5 Å². The predicted octanol–water partition coefficient (Wildman–Crippen LogP) is 3.47. The molecule has 0 spiro atoms. The van der Waals surface area contributed by atoms with Crippen molar-refractivity contribution in [3.63, 3.8) is 0 Å². The second kappa shape index (κ2) is 5.18. The Hall–Kier alpha value is -2.23. The number of aromatic nitrogens is 2. The summed E-state index contributed by atoms with van der Waals surface area (Å²) in [6, 6.07) is 10.1. The second-order valence-corrected chi connectivity index (χ2v) is 4.46. The minimum Gasteiger partial charge on any atom is -0.493 e. The summed E-state index contributed by atoms with van der Waals surface area (Å²) in [7, 11) is 0. The maximum absolute atomic E-state index is 5.77. The first kappa shape index (κ1) is 11.8. The first-order valence-corrected chi connectivity index (χ1v) is 6.48. The van der Waals surface area contributed by atoms with Gasteiger partial charge in [0.15, 0.2) is 5.76 Å². The lowest BCUT2D eigenvalue weighted by Crippen LogP contribution is -1.98. The normalized spacial score (nSPS) is 11.0. The molecule has 4 nitrogen and oxygen atoms in total. The molecule has 0 saturated carbocycles. The van der Waals surface area contributed by atoms with Crippen molar-refractivity contribution in [2.75, 3.05) is 6.61 Å². The fourth-order valence-corrected chi connectivity index (χ4v) is 2.16. The van der Waals surface area contributed by atoms with Gasteiger partial charge in [0.1, 0.15) is 5.75 Å². The molecule has 0 unspecified atom stereocenters. The lowest BCUT2D eigenvalue weighted by Gasteiger charge is -2.07. The molecule has 3 rings (SSSR count). The predicted molar refractivity (Wildman–Crippen MR) is 73.3 cm³/mol. The highest BCUT2D eigenvalue weighted by Crippen LogP contribution is 2.27. The molecule has 4 heteroatoms. The van der Waals surface area contributed by atoms with Crippen molar-refractivity contribution in [2.45, 2.75) is 19.9 Å². The Balaban J connectivity index is 1.94. The lowest BCUT2D eigenvalue weighted by molar-refractivity contribution is 0.321. The fourth-order valence-electron chi connectivity index (χ4n) is 2.16. The van der Waals surface area contributed by atoms with Gasteiger partial charge in [-0.15, -0.1) is 0 Å². The summed E-state index contributed by atoms with van der Waals surface area (Å²) >= 11 is 0. The van der Waals surface area contributed by atoms with Crippen LogP contribution in [-0.4, -0.2) is 16.3 Å². The molecule has 0 fully saturated rings. The molecule has 0 atom stereocenters. The highest BCUT2D eigenvalue weighted by atomic mass is 16.5. The van der Waals surface area contributed by atoms with E-state index in [-0.39, 0.29) is 0 Å². The SMILES string of the molecule is CCCOc1cccc2c1ccn2Cc1ccno1. The van der Waals surface area contributed by atoms with E-state index in [0.717, 1.165) is 35.4 Å². The van der Waals surface area contributed by atoms with Gasteiger partial charge in [-0.1, -0.05) is 18.1 Å². The van der Waals surface area contributed by atoms with Crippen LogP contribution in [0.2, 0.25) is 0 Å². The zero-order chi connectivity index (χ0) is 13.1. The minimum absolute atomic E-state index is 0.681. The van der Waals surface area contributed by atoms with Crippen LogP contribution >= 0.6 is 0 Å². The third kappa shape index (κ3) is 2.34. The van der Waals surface area contributed by atoms with Gasteiger partial charge in [0.25, 0.3) is 0 Å². The molecule has 0 aliphatic heterocycles. The van der Waals surface area contributed by atoms with Crippen LogP contribution in [-0.2, 0) is 6.54 Å². The molecule has 0 aliphatic rings. The number of ether oxygens (including phenoxy) is 1. The number of rotatable bonds is 5.